The van der Waals surface area contributed by atoms with Gasteiger partial charge in [-0.1, -0.05) is 0 Å². The van der Waals surface area contributed by atoms with Crippen molar-refractivity contribution in [1.29, 1.82) is 5.26 Å². The van der Waals surface area contributed by atoms with Gasteiger partial charge in [0.2, 0.25) is 0 Å². The molecule has 0 radical (unpaired) electrons. The molecule has 1 aromatic carbocycles. The molecule has 6 nitrogen and oxygen atoms in total. The average molecular weight is 439 g/mol. The van der Waals surface area contributed by atoms with Gasteiger partial charge in [-0.05, 0) is 78.1 Å². The normalized spacial score (nSPS) is 14.8. The molecule has 170 valence electrons. The summed E-state index contributed by atoms with van der Waals surface area (Å²) in [6, 6.07) is 6.63. The fourth-order valence-electron chi connectivity index (χ4n) is 4.22. The van der Waals surface area contributed by atoms with Crippen LogP contribution < -0.4 is 10.2 Å². The number of pyridine rings is 1. The van der Waals surface area contributed by atoms with Gasteiger partial charge in [-0.2, -0.15) is 5.26 Å². The fourth-order valence-corrected chi connectivity index (χ4v) is 4.22. The number of aryl methyl sites for hydroxylation is 2. The zero-order valence-electron chi connectivity index (χ0n) is 19.7. The van der Waals surface area contributed by atoms with Gasteiger partial charge in [-0.3, -0.25) is 4.98 Å². The van der Waals surface area contributed by atoms with Crippen LogP contribution in [0, 0.1) is 37.9 Å². The Morgan fingerprint density at radius 1 is 1.22 bits per heavy atom. The van der Waals surface area contributed by atoms with Gasteiger partial charge in [0.15, 0.2) is 0 Å². The van der Waals surface area contributed by atoms with Gasteiger partial charge in [0, 0.05) is 19.1 Å². The highest BCUT2D eigenvalue weighted by atomic mass is 19.1. The molecule has 0 amide bonds. The molecule has 1 aliphatic heterocycles. The van der Waals surface area contributed by atoms with E-state index in [9.17, 15) is 14.4 Å². The van der Waals surface area contributed by atoms with Gasteiger partial charge >= 0.3 is 5.97 Å². The molecule has 3 rings (SSSR count). The number of carbonyl (C=O) groups excluding carboxylic acids is 1. The molecule has 0 spiro atoms. The van der Waals surface area contributed by atoms with E-state index in [1.807, 2.05) is 41.5 Å². The number of carbonyl (C=O) groups is 1. The van der Waals surface area contributed by atoms with E-state index in [1.54, 1.807) is 6.07 Å². The zero-order chi connectivity index (χ0) is 23.6. The maximum absolute atomic E-state index is 13.5. The summed E-state index contributed by atoms with van der Waals surface area (Å²) in [5, 5.41) is 12.9. The molecule has 2 heterocycles. The van der Waals surface area contributed by atoms with Gasteiger partial charge in [0.25, 0.3) is 0 Å². The zero-order valence-corrected chi connectivity index (χ0v) is 19.7. The van der Waals surface area contributed by atoms with Crippen molar-refractivity contribution >= 4 is 17.3 Å². The van der Waals surface area contributed by atoms with Gasteiger partial charge in [-0.25, -0.2) is 9.18 Å². The van der Waals surface area contributed by atoms with Crippen LogP contribution in [-0.2, 0) is 4.74 Å². The van der Waals surface area contributed by atoms with Crippen molar-refractivity contribution in [2.75, 3.05) is 23.3 Å². The lowest BCUT2D eigenvalue weighted by molar-refractivity contribution is 0.00674. The summed E-state index contributed by atoms with van der Waals surface area (Å²) in [5.74, 6) is -0.765. The standard InChI is InChI=1S/C25H31FN4O2/c1-15-22(24(31)32-25(4,5)6)16(2)28-17(3)23(15)29-20-9-11-30(12-10-20)21-8-7-19(26)13-18(21)14-27/h7-8,13,20,29H,9-12H2,1-6H3. The highest BCUT2D eigenvalue weighted by Crippen LogP contribution is 2.30. The molecule has 0 atom stereocenters. The Kier molecular flexibility index (Phi) is 6.73. The van der Waals surface area contributed by atoms with Crippen LogP contribution >= 0.6 is 0 Å². The molecule has 1 N–H and O–H groups in total. The van der Waals surface area contributed by atoms with Crippen LogP contribution in [0.1, 0.15) is 66.5 Å². The summed E-state index contributed by atoms with van der Waals surface area (Å²) >= 11 is 0. The Bertz CT molecular complexity index is 1060. The van der Waals surface area contributed by atoms with Gasteiger partial charge in [0.1, 0.15) is 17.5 Å². The Hall–Kier alpha value is -3.14. The lowest BCUT2D eigenvalue weighted by Gasteiger charge is -2.35. The van der Waals surface area contributed by atoms with Crippen molar-refractivity contribution in [3.8, 4) is 6.07 Å². The Balaban J connectivity index is 1.76. The number of benzene rings is 1. The van der Waals surface area contributed by atoms with E-state index in [0.29, 0.717) is 16.8 Å². The molecule has 0 saturated carbocycles. The molecule has 0 bridgehead atoms. The Labute approximate surface area is 189 Å². The minimum Gasteiger partial charge on any atom is -0.456 e. The molecule has 0 aliphatic carbocycles. The van der Waals surface area contributed by atoms with Gasteiger partial charge in [0.05, 0.1) is 33.9 Å². The molecule has 1 aliphatic rings. The third-order valence-electron chi connectivity index (χ3n) is 5.68. The summed E-state index contributed by atoms with van der Waals surface area (Å²) in [5.41, 5.74) is 4.28. The predicted octanol–water partition coefficient (Wildman–Crippen LogP) is 5.05. The monoisotopic (exact) mass is 438 g/mol. The molecule has 2 aromatic rings. The predicted molar refractivity (Wildman–Crippen MR) is 124 cm³/mol. The first kappa shape index (κ1) is 23.5. The number of hydrogen-bond acceptors (Lipinski definition) is 6. The van der Waals surface area contributed by atoms with E-state index in [2.05, 4.69) is 21.3 Å². The first-order chi connectivity index (χ1) is 15.0. The largest absolute Gasteiger partial charge is 0.456 e. The van der Waals surface area contributed by atoms with E-state index in [-0.39, 0.29) is 12.0 Å². The molecular weight excluding hydrogens is 407 g/mol. The molecule has 32 heavy (non-hydrogen) atoms. The van der Waals surface area contributed by atoms with Crippen LogP contribution in [0.2, 0.25) is 0 Å². The Morgan fingerprint density at radius 3 is 2.47 bits per heavy atom. The smallest absolute Gasteiger partial charge is 0.340 e. The van der Waals surface area contributed by atoms with Crippen molar-refractivity contribution in [3.05, 3.63) is 52.1 Å². The van der Waals surface area contributed by atoms with E-state index in [0.717, 1.165) is 48.6 Å². The third-order valence-corrected chi connectivity index (χ3v) is 5.68. The molecule has 1 aromatic heterocycles. The van der Waals surface area contributed by atoms with Crippen molar-refractivity contribution in [1.82, 2.24) is 4.98 Å². The number of anilines is 2. The van der Waals surface area contributed by atoms with Crippen LogP contribution in [0.15, 0.2) is 18.2 Å². The maximum atomic E-state index is 13.5. The van der Waals surface area contributed by atoms with E-state index < -0.39 is 11.4 Å². The Morgan fingerprint density at radius 2 is 1.88 bits per heavy atom. The first-order valence-corrected chi connectivity index (χ1v) is 10.9. The highest BCUT2D eigenvalue weighted by molar-refractivity contribution is 5.94. The lowest BCUT2D eigenvalue weighted by Crippen LogP contribution is -2.39. The van der Waals surface area contributed by atoms with Gasteiger partial charge in [-0.15, -0.1) is 0 Å². The number of aromatic nitrogens is 1. The summed E-state index contributed by atoms with van der Waals surface area (Å²) in [7, 11) is 0. The van der Waals surface area contributed by atoms with Crippen molar-refractivity contribution < 1.29 is 13.9 Å². The number of esters is 1. The van der Waals surface area contributed by atoms with Crippen molar-refractivity contribution in [3.63, 3.8) is 0 Å². The van der Waals surface area contributed by atoms with Crippen LogP contribution in [0.25, 0.3) is 0 Å². The van der Waals surface area contributed by atoms with Gasteiger partial charge < -0.3 is 15.0 Å². The minimum absolute atomic E-state index is 0.200. The van der Waals surface area contributed by atoms with E-state index in [1.165, 1.54) is 12.1 Å². The number of nitriles is 1. The topological polar surface area (TPSA) is 78.2 Å². The number of hydrogen-bond donors (Lipinski definition) is 1. The van der Waals surface area contributed by atoms with Crippen molar-refractivity contribution in [2.24, 2.45) is 0 Å². The maximum Gasteiger partial charge on any atom is 0.340 e. The molecule has 1 saturated heterocycles. The second kappa shape index (κ2) is 9.15. The van der Waals surface area contributed by atoms with E-state index in [4.69, 9.17) is 4.74 Å². The summed E-state index contributed by atoms with van der Waals surface area (Å²) < 4.78 is 19.1. The number of piperidine rings is 1. The van der Waals surface area contributed by atoms with Crippen LogP contribution in [0.3, 0.4) is 0 Å². The second-order valence-corrected chi connectivity index (χ2v) is 9.34. The van der Waals surface area contributed by atoms with Crippen LogP contribution in [0.4, 0.5) is 15.8 Å². The number of rotatable bonds is 4. The summed E-state index contributed by atoms with van der Waals surface area (Å²) in [4.78, 5) is 19.5. The van der Waals surface area contributed by atoms with Crippen LogP contribution in [-0.4, -0.2) is 35.7 Å². The highest BCUT2D eigenvalue weighted by Gasteiger charge is 2.26. The first-order valence-electron chi connectivity index (χ1n) is 10.9. The third kappa shape index (κ3) is 5.18. The van der Waals surface area contributed by atoms with Crippen molar-refractivity contribution in [2.45, 2.75) is 66.0 Å². The van der Waals surface area contributed by atoms with Crippen LogP contribution in [0.5, 0.6) is 0 Å². The molecule has 1 fully saturated rings. The second-order valence-electron chi connectivity index (χ2n) is 9.34. The number of halogens is 1. The number of nitrogens with one attached hydrogen (secondary N) is 1. The minimum atomic E-state index is -0.579. The quantitative estimate of drug-likeness (QED) is 0.673. The molecule has 7 heteroatoms. The summed E-state index contributed by atoms with van der Waals surface area (Å²) in [6.45, 7) is 12.7. The number of nitrogens with zero attached hydrogens (tertiary/aromatic N) is 3. The molecular formula is C25H31FN4O2. The average Bonchev–Trinajstić information content (AvgIpc) is 2.70. The molecule has 0 unspecified atom stereocenters. The number of ether oxygens (including phenoxy) is 1. The summed E-state index contributed by atoms with van der Waals surface area (Å²) in [6.07, 6.45) is 1.69. The lowest BCUT2D eigenvalue weighted by atomic mass is 9.99. The SMILES string of the molecule is Cc1nc(C)c(C(=O)OC(C)(C)C)c(C)c1NC1CCN(c2ccc(F)cc2C#N)CC1. The van der Waals surface area contributed by atoms with E-state index >= 15 is 0 Å². The fraction of sp³-hybridized carbons (Fsp3) is 0.480.